The lowest BCUT2D eigenvalue weighted by Gasteiger charge is -2.07. The monoisotopic (exact) mass is 225 g/mol. The van der Waals surface area contributed by atoms with E-state index in [2.05, 4.69) is 21.8 Å². The Morgan fingerprint density at radius 1 is 1.44 bits per heavy atom. The third-order valence-electron chi connectivity index (χ3n) is 2.40. The van der Waals surface area contributed by atoms with Crippen molar-refractivity contribution in [1.82, 2.24) is 14.9 Å². The quantitative estimate of drug-likeness (QED) is 0.651. The van der Waals surface area contributed by atoms with Crippen LogP contribution in [0.3, 0.4) is 0 Å². The second-order valence-corrected chi connectivity index (χ2v) is 3.76. The zero-order chi connectivity index (χ0) is 11.6. The molecule has 1 heterocycles. The van der Waals surface area contributed by atoms with Gasteiger partial charge < -0.3 is 14.6 Å². The topological polar surface area (TPSA) is 39.1 Å². The van der Waals surface area contributed by atoms with E-state index in [9.17, 15) is 0 Å². The summed E-state index contributed by atoms with van der Waals surface area (Å²) in [5, 5.41) is 3.38. The Morgan fingerprint density at radius 2 is 2.31 bits per heavy atom. The lowest BCUT2D eigenvalue weighted by atomic mass is 10.4. The molecule has 1 rings (SSSR count). The molecule has 0 saturated carbocycles. The van der Waals surface area contributed by atoms with Gasteiger partial charge in [0.15, 0.2) is 0 Å². The summed E-state index contributed by atoms with van der Waals surface area (Å²) < 4.78 is 7.48. The van der Waals surface area contributed by atoms with E-state index in [1.165, 1.54) is 0 Å². The van der Waals surface area contributed by atoms with Crippen molar-refractivity contribution in [1.29, 1.82) is 0 Å². The Morgan fingerprint density at radius 3 is 3.06 bits per heavy atom. The van der Waals surface area contributed by atoms with Gasteiger partial charge >= 0.3 is 0 Å². The SMILES string of the molecule is CCCn1ccnc1CNCCCOCC. The predicted molar refractivity (Wildman–Crippen MR) is 65.3 cm³/mol. The number of nitrogens with one attached hydrogen (secondary N) is 1. The van der Waals surface area contributed by atoms with Crippen LogP contribution in [-0.4, -0.2) is 29.3 Å². The zero-order valence-corrected chi connectivity index (χ0v) is 10.4. The lowest BCUT2D eigenvalue weighted by molar-refractivity contribution is 0.144. The standard InChI is InChI=1S/C12H23N3O/c1-3-8-15-9-7-14-12(15)11-13-6-5-10-16-4-2/h7,9,13H,3-6,8,10-11H2,1-2H3. The molecule has 1 aromatic rings. The first-order valence-corrected chi connectivity index (χ1v) is 6.17. The number of aromatic nitrogens is 2. The molecule has 16 heavy (non-hydrogen) atoms. The summed E-state index contributed by atoms with van der Waals surface area (Å²) in [6.07, 6.45) is 6.11. The van der Waals surface area contributed by atoms with Crippen LogP contribution in [0.15, 0.2) is 12.4 Å². The molecule has 0 fully saturated rings. The molecule has 0 spiro atoms. The Balaban J connectivity index is 2.13. The highest BCUT2D eigenvalue weighted by atomic mass is 16.5. The summed E-state index contributed by atoms with van der Waals surface area (Å²) >= 11 is 0. The Labute approximate surface area is 98.0 Å². The highest BCUT2D eigenvalue weighted by Gasteiger charge is 2.00. The molecular formula is C12H23N3O. The number of nitrogens with zero attached hydrogens (tertiary/aromatic N) is 2. The van der Waals surface area contributed by atoms with Gasteiger partial charge in [-0.25, -0.2) is 4.98 Å². The first kappa shape index (κ1) is 13.2. The van der Waals surface area contributed by atoms with Crippen molar-refractivity contribution in [3.8, 4) is 0 Å². The minimum absolute atomic E-state index is 0.806. The van der Waals surface area contributed by atoms with Crippen molar-refractivity contribution in [2.75, 3.05) is 19.8 Å². The lowest BCUT2D eigenvalue weighted by Crippen LogP contribution is -2.19. The summed E-state index contributed by atoms with van der Waals surface area (Å²) in [7, 11) is 0. The number of rotatable bonds is 9. The molecule has 0 bridgehead atoms. The average Bonchev–Trinajstić information content (AvgIpc) is 2.72. The van der Waals surface area contributed by atoms with Gasteiger partial charge in [0, 0.05) is 32.2 Å². The fourth-order valence-electron chi connectivity index (χ4n) is 1.60. The summed E-state index contributed by atoms with van der Waals surface area (Å²) in [5.74, 6) is 1.12. The number of imidazole rings is 1. The van der Waals surface area contributed by atoms with E-state index in [1.54, 1.807) is 0 Å². The van der Waals surface area contributed by atoms with Crippen LogP contribution in [0.5, 0.6) is 0 Å². The second-order valence-electron chi connectivity index (χ2n) is 3.76. The van der Waals surface area contributed by atoms with Gasteiger partial charge in [0.2, 0.25) is 0 Å². The van der Waals surface area contributed by atoms with E-state index in [0.29, 0.717) is 0 Å². The molecule has 0 aliphatic heterocycles. The maximum absolute atomic E-state index is 5.27. The number of ether oxygens (including phenoxy) is 1. The molecule has 0 aliphatic carbocycles. The van der Waals surface area contributed by atoms with Crippen molar-refractivity contribution < 1.29 is 4.74 Å². The fraction of sp³-hybridized carbons (Fsp3) is 0.750. The van der Waals surface area contributed by atoms with E-state index >= 15 is 0 Å². The summed E-state index contributed by atoms with van der Waals surface area (Å²) in [6.45, 7) is 8.73. The minimum atomic E-state index is 0.806. The van der Waals surface area contributed by atoms with Gasteiger partial charge in [0.25, 0.3) is 0 Å². The third-order valence-corrected chi connectivity index (χ3v) is 2.40. The Bertz CT molecular complexity index is 273. The molecular weight excluding hydrogens is 202 g/mol. The average molecular weight is 225 g/mol. The van der Waals surface area contributed by atoms with Crippen LogP contribution in [0.1, 0.15) is 32.5 Å². The highest BCUT2D eigenvalue weighted by molar-refractivity contribution is 4.91. The van der Waals surface area contributed by atoms with E-state index in [1.807, 2.05) is 19.3 Å². The smallest absolute Gasteiger partial charge is 0.122 e. The van der Waals surface area contributed by atoms with E-state index in [4.69, 9.17) is 4.74 Å². The van der Waals surface area contributed by atoms with Crippen molar-refractivity contribution in [2.24, 2.45) is 0 Å². The van der Waals surface area contributed by atoms with Gasteiger partial charge in [-0.15, -0.1) is 0 Å². The van der Waals surface area contributed by atoms with Crippen LogP contribution in [0.25, 0.3) is 0 Å². The molecule has 0 aromatic carbocycles. The van der Waals surface area contributed by atoms with Crippen molar-refractivity contribution in [2.45, 2.75) is 39.8 Å². The van der Waals surface area contributed by atoms with Crippen molar-refractivity contribution in [3.05, 3.63) is 18.2 Å². The third kappa shape index (κ3) is 4.77. The van der Waals surface area contributed by atoms with Crippen LogP contribution in [0, 0.1) is 0 Å². The van der Waals surface area contributed by atoms with Crippen molar-refractivity contribution >= 4 is 0 Å². The summed E-state index contributed by atoms with van der Waals surface area (Å²) in [5.41, 5.74) is 0. The minimum Gasteiger partial charge on any atom is -0.382 e. The molecule has 0 radical (unpaired) electrons. The van der Waals surface area contributed by atoms with Gasteiger partial charge in [-0.3, -0.25) is 0 Å². The van der Waals surface area contributed by atoms with Gasteiger partial charge in [0.05, 0.1) is 6.54 Å². The van der Waals surface area contributed by atoms with Crippen LogP contribution < -0.4 is 5.32 Å². The van der Waals surface area contributed by atoms with Crippen LogP contribution >= 0.6 is 0 Å². The van der Waals surface area contributed by atoms with E-state index < -0.39 is 0 Å². The maximum atomic E-state index is 5.27. The first-order chi connectivity index (χ1) is 7.88. The normalized spacial score (nSPS) is 10.9. The van der Waals surface area contributed by atoms with Gasteiger partial charge in [-0.2, -0.15) is 0 Å². The molecule has 0 aliphatic rings. The van der Waals surface area contributed by atoms with Crippen molar-refractivity contribution in [3.63, 3.8) is 0 Å². The summed E-state index contributed by atoms with van der Waals surface area (Å²) in [6, 6.07) is 0. The first-order valence-electron chi connectivity index (χ1n) is 6.17. The molecule has 4 nitrogen and oxygen atoms in total. The Hall–Kier alpha value is -0.870. The molecule has 1 aromatic heterocycles. The molecule has 92 valence electrons. The summed E-state index contributed by atoms with van der Waals surface area (Å²) in [4.78, 5) is 4.34. The predicted octanol–water partition coefficient (Wildman–Crippen LogP) is 1.81. The number of hydrogen-bond acceptors (Lipinski definition) is 3. The van der Waals surface area contributed by atoms with E-state index in [-0.39, 0.29) is 0 Å². The molecule has 0 saturated heterocycles. The van der Waals surface area contributed by atoms with Gasteiger partial charge in [-0.1, -0.05) is 6.92 Å². The maximum Gasteiger partial charge on any atom is 0.122 e. The highest BCUT2D eigenvalue weighted by Crippen LogP contribution is 1.98. The molecule has 0 atom stereocenters. The fourth-order valence-corrected chi connectivity index (χ4v) is 1.60. The molecule has 1 N–H and O–H groups in total. The largest absolute Gasteiger partial charge is 0.382 e. The zero-order valence-electron chi connectivity index (χ0n) is 10.4. The second kappa shape index (κ2) is 8.30. The van der Waals surface area contributed by atoms with Crippen LogP contribution in [0.2, 0.25) is 0 Å². The molecule has 0 unspecified atom stereocenters. The van der Waals surface area contributed by atoms with E-state index in [0.717, 1.165) is 51.5 Å². The molecule has 0 amide bonds. The van der Waals surface area contributed by atoms with Gasteiger partial charge in [-0.05, 0) is 26.3 Å². The Kier molecular flexibility index (Phi) is 6.85. The number of hydrogen-bond donors (Lipinski definition) is 1. The molecule has 4 heteroatoms. The number of aryl methyl sites for hydroxylation is 1. The van der Waals surface area contributed by atoms with Gasteiger partial charge in [0.1, 0.15) is 5.82 Å². The van der Waals surface area contributed by atoms with Crippen LogP contribution in [-0.2, 0) is 17.8 Å². The van der Waals surface area contributed by atoms with Crippen LogP contribution in [0.4, 0.5) is 0 Å².